The highest BCUT2D eigenvalue weighted by Crippen LogP contribution is 2.17. The first-order valence-electron chi connectivity index (χ1n) is 4.90. The lowest BCUT2D eigenvalue weighted by Crippen LogP contribution is -2.19. The normalized spacial score (nSPS) is 13.1. The predicted molar refractivity (Wildman–Crippen MR) is 65.4 cm³/mol. The van der Waals surface area contributed by atoms with E-state index in [9.17, 15) is 4.21 Å². The molecule has 0 amide bonds. The van der Waals surface area contributed by atoms with Crippen molar-refractivity contribution in [1.82, 2.24) is 4.90 Å². The van der Waals surface area contributed by atoms with E-state index in [1.54, 1.807) is 0 Å². The molecule has 0 spiro atoms. The van der Waals surface area contributed by atoms with E-state index in [-0.39, 0.29) is 0 Å². The fraction of sp³-hybridized carbons (Fsp3) is 0.455. The van der Waals surface area contributed by atoms with E-state index in [1.165, 1.54) is 0 Å². The zero-order chi connectivity index (χ0) is 11.4. The van der Waals surface area contributed by atoms with Crippen molar-refractivity contribution in [2.75, 3.05) is 32.1 Å². The van der Waals surface area contributed by atoms with Crippen molar-refractivity contribution in [2.45, 2.75) is 11.8 Å². The Kier molecular flexibility index (Phi) is 4.29. The summed E-state index contributed by atoms with van der Waals surface area (Å²) in [6, 6.07) is 5.67. The van der Waals surface area contributed by atoms with Gasteiger partial charge >= 0.3 is 0 Å². The molecular formula is C11H18N2OS. The van der Waals surface area contributed by atoms with Gasteiger partial charge in [0.05, 0.1) is 15.7 Å². The van der Waals surface area contributed by atoms with Crippen LogP contribution in [-0.4, -0.2) is 35.5 Å². The molecule has 15 heavy (non-hydrogen) atoms. The summed E-state index contributed by atoms with van der Waals surface area (Å²) < 4.78 is 11.9. The molecule has 1 unspecified atom stereocenters. The Bertz CT molecular complexity index is 364. The Morgan fingerprint density at radius 1 is 1.40 bits per heavy atom. The number of benzene rings is 1. The Morgan fingerprint density at radius 3 is 2.60 bits per heavy atom. The number of nitrogens with two attached hydrogens (primary N) is 1. The SMILES string of the molecule is Cc1ccc(S(=O)CCN(C)C)c(N)c1. The smallest absolute Gasteiger partial charge is 0.0618 e. The van der Waals surface area contributed by atoms with E-state index in [1.807, 2.05) is 44.1 Å². The minimum absolute atomic E-state index is 0.625. The molecule has 0 aliphatic rings. The number of rotatable bonds is 4. The molecule has 2 N–H and O–H groups in total. The van der Waals surface area contributed by atoms with Gasteiger partial charge < -0.3 is 10.6 Å². The van der Waals surface area contributed by atoms with Gasteiger partial charge in [0.1, 0.15) is 0 Å². The molecule has 1 rings (SSSR count). The van der Waals surface area contributed by atoms with Gasteiger partial charge in [-0.05, 0) is 38.7 Å². The van der Waals surface area contributed by atoms with Crippen molar-refractivity contribution >= 4 is 16.5 Å². The zero-order valence-corrected chi connectivity index (χ0v) is 10.3. The predicted octanol–water partition coefficient (Wildman–Crippen LogP) is 1.25. The molecule has 0 bridgehead atoms. The van der Waals surface area contributed by atoms with Crippen LogP contribution in [0, 0.1) is 6.92 Å². The third kappa shape index (κ3) is 3.64. The van der Waals surface area contributed by atoms with Crippen LogP contribution < -0.4 is 5.73 Å². The molecule has 84 valence electrons. The number of nitrogens with zero attached hydrogens (tertiary/aromatic N) is 1. The second-order valence-corrected chi connectivity index (χ2v) is 5.43. The van der Waals surface area contributed by atoms with E-state index >= 15 is 0 Å². The summed E-state index contributed by atoms with van der Waals surface area (Å²) in [6.45, 7) is 2.78. The van der Waals surface area contributed by atoms with Crippen molar-refractivity contribution in [3.63, 3.8) is 0 Å². The number of anilines is 1. The lowest BCUT2D eigenvalue weighted by atomic mass is 10.2. The first-order chi connectivity index (χ1) is 7.00. The molecule has 1 atom stereocenters. The summed E-state index contributed by atoms with van der Waals surface area (Å²) in [5, 5.41) is 0. The van der Waals surface area contributed by atoms with Crippen LogP contribution in [0.3, 0.4) is 0 Å². The van der Waals surface area contributed by atoms with Crippen molar-refractivity contribution < 1.29 is 4.21 Å². The molecule has 0 aliphatic carbocycles. The molecule has 0 radical (unpaired) electrons. The van der Waals surface area contributed by atoms with E-state index in [0.717, 1.165) is 17.0 Å². The van der Waals surface area contributed by atoms with Crippen molar-refractivity contribution in [2.24, 2.45) is 0 Å². The summed E-state index contributed by atoms with van der Waals surface area (Å²) in [5.74, 6) is 0.625. The van der Waals surface area contributed by atoms with Crippen molar-refractivity contribution in [3.8, 4) is 0 Å². The zero-order valence-electron chi connectivity index (χ0n) is 9.49. The molecule has 1 aromatic rings. The molecular weight excluding hydrogens is 208 g/mol. The second kappa shape index (κ2) is 5.28. The third-order valence-corrected chi connectivity index (χ3v) is 3.55. The first kappa shape index (κ1) is 12.2. The van der Waals surface area contributed by atoms with Crippen LogP contribution in [0.1, 0.15) is 5.56 Å². The van der Waals surface area contributed by atoms with E-state index in [0.29, 0.717) is 11.4 Å². The van der Waals surface area contributed by atoms with Gasteiger partial charge in [0.2, 0.25) is 0 Å². The van der Waals surface area contributed by atoms with Crippen LogP contribution in [0.2, 0.25) is 0 Å². The standard InChI is InChI=1S/C11H18N2OS/c1-9-4-5-11(10(12)8-9)15(14)7-6-13(2)3/h4-5,8H,6-7,12H2,1-3H3. The van der Waals surface area contributed by atoms with Crippen LogP contribution >= 0.6 is 0 Å². The maximum absolute atomic E-state index is 11.9. The lowest BCUT2D eigenvalue weighted by Gasteiger charge is -2.10. The topological polar surface area (TPSA) is 46.3 Å². The Morgan fingerprint density at radius 2 is 2.07 bits per heavy atom. The van der Waals surface area contributed by atoms with Crippen LogP contribution in [0.5, 0.6) is 0 Å². The number of hydrogen-bond donors (Lipinski definition) is 1. The van der Waals surface area contributed by atoms with Crippen LogP contribution in [-0.2, 0) is 10.8 Å². The van der Waals surface area contributed by atoms with E-state index < -0.39 is 10.8 Å². The van der Waals surface area contributed by atoms with Gasteiger partial charge in [0.25, 0.3) is 0 Å². The summed E-state index contributed by atoms with van der Waals surface area (Å²) in [7, 11) is 2.95. The third-order valence-electron chi connectivity index (χ3n) is 2.13. The summed E-state index contributed by atoms with van der Waals surface area (Å²) in [6.07, 6.45) is 0. The van der Waals surface area contributed by atoms with Crippen LogP contribution in [0.15, 0.2) is 23.1 Å². The fourth-order valence-electron chi connectivity index (χ4n) is 1.25. The monoisotopic (exact) mass is 226 g/mol. The van der Waals surface area contributed by atoms with Gasteiger partial charge in [-0.15, -0.1) is 0 Å². The van der Waals surface area contributed by atoms with Crippen molar-refractivity contribution in [3.05, 3.63) is 23.8 Å². The highest BCUT2D eigenvalue weighted by Gasteiger charge is 2.07. The van der Waals surface area contributed by atoms with E-state index in [4.69, 9.17) is 5.73 Å². The number of aryl methyl sites for hydroxylation is 1. The Hall–Kier alpha value is -0.870. The molecule has 1 aromatic carbocycles. The highest BCUT2D eigenvalue weighted by atomic mass is 32.2. The Labute approximate surface area is 93.7 Å². The molecule has 0 aliphatic heterocycles. The molecule has 0 saturated heterocycles. The fourth-order valence-corrected chi connectivity index (χ4v) is 2.54. The summed E-state index contributed by atoms with van der Waals surface area (Å²) in [4.78, 5) is 2.77. The maximum Gasteiger partial charge on any atom is 0.0618 e. The largest absolute Gasteiger partial charge is 0.398 e. The number of hydrogen-bond acceptors (Lipinski definition) is 3. The average Bonchev–Trinajstić information content (AvgIpc) is 2.14. The maximum atomic E-state index is 11.9. The molecule has 0 saturated carbocycles. The average molecular weight is 226 g/mol. The van der Waals surface area contributed by atoms with E-state index in [2.05, 4.69) is 0 Å². The number of nitrogen functional groups attached to an aromatic ring is 1. The highest BCUT2D eigenvalue weighted by molar-refractivity contribution is 7.85. The molecule has 3 nitrogen and oxygen atoms in total. The van der Waals surface area contributed by atoms with Crippen molar-refractivity contribution in [1.29, 1.82) is 0 Å². The molecule has 0 aromatic heterocycles. The first-order valence-corrected chi connectivity index (χ1v) is 6.22. The summed E-state index contributed by atoms with van der Waals surface area (Å²) >= 11 is 0. The van der Waals surface area contributed by atoms with Gasteiger partial charge in [-0.2, -0.15) is 0 Å². The van der Waals surface area contributed by atoms with Gasteiger partial charge in [-0.3, -0.25) is 4.21 Å². The minimum atomic E-state index is -0.990. The lowest BCUT2D eigenvalue weighted by molar-refractivity contribution is 0.435. The second-order valence-electron chi connectivity index (χ2n) is 3.89. The quantitative estimate of drug-likeness (QED) is 0.786. The van der Waals surface area contributed by atoms with Crippen LogP contribution in [0.25, 0.3) is 0 Å². The van der Waals surface area contributed by atoms with Gasteiger partial charge in [0, 0.05) is 18.0 Å². The summed E-state index contributed by atoms with van der Waals surface area (Å²) in [5.41, 5.74) is 7.55. The van der Waals surface area contributed by atoms with Gasteiger partial charge in [-0.25, -0.2) is 0 Å². The minimum Gasteiger partial charge on any atom is -0.398 e. The molecule has 0 fully saturated rings. The van der Waals surface area contributed by atoms with Gasteiger partial charge in [0.15, 0.2) is 0 Å². The Balaban J connectivity index is 2.74. The molecule has 4 heteroatoms. The molecule has 0 heterocycles. The van der Waals surface area contributed by atoms with Gasteiger partial charge in [-0.1, -0.05) is 6.07 Å². The van der Waals surface area contributed by atoms with Crippen LogP contribution in [0.4, 0.5) is 5.69 Å².